The van der Waals surface area contributed by atoms with Gasteiger partial charge in [-0.1, -0.05) is 0 Å². The summed E-state index contributed by atoms with van der Waals surface area (Å²) in [7, 11) is 0. The molecule has 0 bridgehead atoms. The topological polar surface area (TPSA) is 67.0 Å². The van der Waals surface area contributed by atoms with Gasteiger partial charge >= 0.3 is 0 Å². The van der Waals surface area contributed by atoms with Gasteiger partial charge in [0.15, 0.2) is 0 Å². The van der Waals surface area contributed by atoms with E-state index >= 15 is 0 Å². The van der Waals surface area contributed by atoms with E-state index in [0.717, 1.165) is 17.2 Å². The van der Waals surface area contributed by atoms with Crippen molar-refractivity contribution in [3.05, 3.63) is 66.5 Å². The standard InChI is InChI=1S/C14H15N3O2/c1-14(12-4-2-6-18-12,13-5-3-7-19-13)17-9-11-8-15-10-16-11/h2-8,10,17H,9H2,1H3,(H,15,16). The quantitative estimate of drug-likeness (QED) is 0.737. The van der Waals surface area contributed by atoms with Crippen LogP contribution in [0.15, 0.2) is 58.2 Å². The Kier molecular flexibility index (Phi) is 2.97. The maximum atomic E-state index is 5.54. The highest BCUT2D eigenvalue weighted by Gasteiger charge is 2.34. The van der Waals surface area contributed by atoms with Crippen molar-refractivity contribution in [3.8, 4) is 0 Å². The SMILES string of the molecule is CC(NCc1cnc[nH]1)(c1ccco1)c1ccco1. The maximum absolute atomic E-state index is 5.54. The number of nitrogens with zero attached hydrogens (tertiary/aromatic N) is 1. The second-order valence-corrected chi connectivity index (χ2v) is 4.51. The van der Waals surface area contributed by atoms with Gasteiger partial charge in [-0.3, -0.25) is 5.32 Å². The predicted octanol–water partition coefficient (Wildman–Crippen LogP) is 2.65. The van der Waals surface area contributed by atoms with Crippen LogP contribution in [0.5, 0.6) is 0 Å². The van der Waals surface area contributed by atoms with E-state index in [1.807, 2.05) is 31.2 Å². The Labute approximate surface area is 110 Å². The minimum atomic E-state index is -0.516. The van der Waals surface area contributed by atoms with Crippen LogP contribution in [0.25, 0.3) is 0 Å². The molecule has 0 fully saturated rings. The average Bonchev–Trinajstić information content (AvgIpc) is 3.18. The lowest BCUT2D eigenvalue weighted by Gasteiger charge is -2.26. The Hall–Kier alpha value is -2.27. The van der Waals surface area contributed by atoms with Crippen LogP contribution in [0.1, 0.15) is 24.1 Å². The molecule has 98 valence electrons. The van der Waals surface area contributed by atoms with Crippen molar-refractivity contribution in [2.75, 3.05) is 0 Å². The fourth-order valence-electron chi connectivity index (χ4n) is 2.08. The molecule has 0 aliphatic heterocycles. The van der Waals surface area contributed by atoms with Crippen LogP contribution in [-0.2, 0) is 12.1 Å². The molecule has 0 aliphatic carbocycles. The van der Waals surface area contributed by atoms with E-state index < -0.39 is 5.54 Å². The van der Waals surface area contributed by atoms with Gasteiger partial charge in [0.2, 0.25) is 0 Å². The largest absolute Gasteiger partial charge is 0.467 e. The molecule has 0 saturated carbocycles. The molecule has 0 atom stereocenters. The summed E-state index contributed by atoms with van der Waals surface area (Å²) in [6.45, 7) is 2.67. The summed E-state index contributed by atoms with van der Waals surface area (Å²) in [5.74, 6) is 1.61. The highest BCUT2D eigenvalue weighted by atomic mass is 16.3. The summed E-state index contributed by atoms with van der Waals surface area (Å²) in [6, 6.07) is 7.60. The Morgan fingerprint density at radius 2 is 1.89 bits per heavy atom. The molecule has 0 aromatic carbocycles. The van der Waals surface area contributed by atoms with Crippen molar-refractivity contribution < 1.29 is 8.83 Å². The van der Waals surface area contributed by atoms with Gasteiger partial charge in [0.1, 0.15) is 17.1 Å². The number of furan rings is 2. The molecular formula is C14H15N3O2. The van der Waals surface area contributed by atoms with Crippen molar-refractivity contribution in [3.63, 3.8) is 0 Å². The summed E-state index contributed by atoms with van der Waals surface area (Å²) in [5, 5.41) is 3.44. The Bertz CT molecular complexity index is 563. The smallest absolute Gasteiger partial charge is 0.133 e. The van der Waals surface area contributed by atoms with Crippen molar-refractivity contribution >= 4 is 0 Å². The first-order valence-electron chi connectivity index (χ1n) is 6.09. The maximum Gasteiger partial charge on any atom is 0.133 e. The van der Waals surface area contributed by atoms with Gasteiger partial charge in [-0.25, -0.2) is 4.98 Å². The molecule has 0 saturated heterocycles. The first-order chi connectivity index (χ1) is 9.29. The van der Waals surface area contributed by atoms with Crippen LogP contribution in [0, 0.1) is 0 Å². The van der Waals surface area contributed by atoms with Crippen molar-refractivity contribution in [1.29, 1.82) is 0 Å². The van der Waals surface area contributed by atoms with Crippen LogP contribution in [0.3, 0.4) is 0 Å². The van der Waals surface area contributed by atoms with Crippen LogP contribution in [0.4, 0.5) is 0 Å². The number of hydrogen-bond donors (Lipinski definition) is 2. The molecule has 3 heterocycles. The van der Waals surface area contributed by atoms with E-state index in [0.29, 0.717) is 6.54 Å². The molecule has 19 heavy (non-hydrogen) atoms. The van der Waals surface area contributed by atoms with Crippen molar-refractivity contribution in [2.24, 2.45) is 0 Å². The highest BCUT2D eigenvalue weighted by Crippen LogP contribution is 2.30. The molecule has 0 amide bonds. The van der Waals surface area contributed by atoms with E-state index in [4.69, 9.17) is 8.83 Å². The number of rotatable bonds is 5. The Balaban J connectivity index is 1.89. The van der Waals surface area contributed by atoms with E-state index in [1.165, 1.54) is 0 Å². The normalized spacial score (nSPS) is 11.8. The lowest BCUT2D eigenvalue weighted by Crippen LogP contribution is -2.39. The molecule has 3 aromatic rings. The van der Waals surface area contributed by atoms with Gasteiger partial charge in [-0.15, -0.1) is 0 Å². The third-order valence-electron chi connectivity index (χ3n) is 3.22. The zero-order valence-electron chi connectivity index (χ0n) is 10.6. The molecule has 3 aromatic heterocycles. The predicted molar refractivity (Wildman–Crippen MR) is 69.3 cm³/mol. The molecule has 5 heteroatoms. The lowest BCUT2D eigenvalue weighted by atomic mass is 9.95. The van der Waals surface area contributed by atoms with Crippen LogP contribution >= 0.6 is 0 Å². The average molecular weight is 257 g/mol. The van der Waals surface area contributed by atoms with Gasteiger partial charge in [0.05, 0.1) is 18.9 Å². The fraction of sp³-hybridized carbons (Fsp3) is 0.214. The fourth-order valence-corrected chi connectivity index (χ4v) is 2.08. The van der Waals surface area contributed by atoms with Gasteiger partial charge in [0.25, 0.3) is 0 Å². The highest BCUT2D eigenvalue weighted by molar-refractivity contribution is 5.25. The number of imidazole rings is 1. The number of H-pyrrole nitrogens is 1. The zero-order valence-corrected chi connectivity index (χ0v) is 10.6. The van der Waals surface area contributed by atoms with Gasteiger partial charge in [0, 0.05) is 18.4 Å². The molecular weight excluding hydrogens is 242 g/mol. The second-order valence-electron chi connectivity index (χ2n) is 4.51. The number of hydrogen-bond acceptors (Lipinski definition) is 4. The minimum Gasteiger partial charge on any atom is -0.467 e. The molecule has 0 unspecified atom stereocenters. The van der Waals surface area contributed by atoms with Crippen LogP contribution in [-0.4, -0.2) is 9.97 Å². The molecule has 5 nitrogen and oxygen atoms in total. The summed E-state index contributed by atoms with van der Waals surface area (Å²) in [5.41, 5.74) is 0.488. The summed E-state index contributed by atoms with van der Waals surface area (Å²) >= 11 is 0. The first kappa shape index (κ1) is 11.8. The third kappa shape index (κ3) is 2.20. The molecule has 0 aliphatic rings. The molecule has 3 rings (SSSR count). The minimum absolute atomic E-state index is 0.516. The zero-order chi connectivity index (χ0) is 13.1. The van der Waals surface area contributed by atoms with Crippen molar-refractivity contribution in [1.82, 2.24) is 15.3 Å². The lowest BCUT2D eigenvalue weighted by molar-refractivity contribution is 0.289. The number of nitrogens with one attached hydrogen (secondary N) is 2. The monoisotopic (exact) mass is 257 g/mol. The van der Waals surface area contributed by atoms with E-state index in [-0.39, 0.29) is 0 Å². The molecule has 0 spiro atoms. The molecule has 0 radical (unpaired) electrons. The first-order valence-corrected chi connectivity index (χ1v) is 6.09. The summed E-state index contributed by atoms with van der Waals surface area (Å²) < 4.78 is 11.1. The third-order valence-corrected chi connectivity index (χ3v) is 3.22. The van der Waals surface area contributed by atoms with E-state index in [2.05, 4.69) is 15.3 Å². The summed E-state index contributed by atoms with van der Waals surface area (Å²) in [6.07, 6.45) is 6.77. The van der Waals surface area contributed by atoms with Crippen LogP contribution in [0.2, 0.25) is 0 Å². The van der Waals surface area contributed by atoms with Gasteiger partial charge in [-0.05, 0) is 31.2 Å². The van der Waals surface area contributed by atoms with Gasteiger partial charge in [-0.2, -0.15) is 0 Å². The summed E-state index contributed by atoms with van der Waals surface area (Å²) in [4.78, 5) is 7.07. The van der Waals surface area contributed by atoms with E-state index in [1.54, 1.807) is 25.1 Å². The van der Waals surface area contributed by atoms with Crippen molar-refractivity contribution in [2.45, 2.75) is 19.0 Å². The Morgan fingerprint density at radius 1 is 1.21 bits per heavy atom. The van der Waals surface area contributed by atoms with E-state index in [9.17, 15) is 0 Å². The number of aromatic nitrogens is 2. The Morgan fingerprint density at radius 3 is 2.37 bits per heavy atom. The number of aromatic amines is 1. The van der Waals surface area contributed by atoms with Crippen LogP contribution < -0.4 is 5.32 Å². The second kappa shape index (κ2) is 4.78. The van der Waals surface area contributed by atoms with Gasteiger partial charge < -0.3 is 13.8 Å². The molecule has 2 N–H and O–H groups in total.